The van der Waals surface area contributed by atoms with Crippen LogP contribution in [0.25, 0.3) is 0 Å². The van der Waals surface area contributed by atoms with E-state index < -0.39 is 50.7 Å². The summed E-state index contributed by atoms with van der Waals surface area (Å²) in [6.07, 6.45) is -1.47. The number of halogens is 2. The van der Waals surface area contributed by atoms with Gasteiger partial charge in [0.05, 0.1) is 23.7 Å². The predicted octanol–water partition coefficient (Wildman–Crippen LogP) is 0.794. The predicted molar refractivity (Wildman–Crippen MR) is 61.7 cm³/mol. The van der Waals surface area contributed by atoms with Gasteiger partial charge in [-0.05, 0) is 19.1 Å². The summed E-state index contributed by atoms with van der Waals surface area (Å²) in [5.41, 5.74) is -0.553. The van der Waals surface area contributed by atoms with E-state index in [1.165, 1.54) is 0 Å². The zero-order valence-electron chi connectivity index (χ0n) is 9.68. The fourth-order valence-corrected chi connectivity index (χ4v) is 3.06. The summed E-state index contributed by atoms with van der Waals surface area (Å²) >= 11 is 0. The second-order valence-corrected chi connectivity index (χ2v) is 6.31. The standard InChI is InChI=1S/C11H14F2O4S/c1-7(18(16,17)6-8(15)5-14)11-9(12)3-2-4-10(11)13/h2-4,7-8,14-15H,5-6H2,1H3/t7-,8+/m1/s1. The lowest BCUT2D eigenvalue weighted by molar-refractivity contribution is 0.112. The first-order chi connectivity index (χ1) is 8.29. The maximum absolute atomic E-state index is 13.4. The molecule has 0 heterocycles. The molecule has 0 fully saturated rings. The molecular weight excluding hydrogens is 266 g/mol. The van der Waals surface area contributed by atoms with Gasteiger partial charge in [-0.2, -0.15) is 0 Å². The number of rotatable bonds is 5. The van der Waals surface area contributed by atoms with Gasteiger partial charge in [-0.25, -0.2) is 17.2 Å². The average molecular weight is 280 g/mol. The number of aliphatic hydroxyl groups excluding tert-OH is 2. The molecule has 1 aromatic rings. The van der Waals surface area contributed by atoms with Crippen LogP contribution in [0.1, 0.15) is 17.7 Å². The quantitative estimate of drug-likeness (QED) is 0.836. The minimum Gasteiger partial charge on any atom is -0.394 e. The van der Waals surface area contributed by atoms with E-state index in [1.807, 2.05) is 0 Å². The van der Waals surface area contributed by atoms with Gasteiger partial charge in [-0.1, -0.05) is 6.07 Å². The lowest BCUT2D eigenvalue weighted by atomic mass is 10.1. The molecule has 0 aliphatic rings. The highest BCUT2D eigenvalue weighted by Gasteiger charge is 2.29. The number of aliphatic hydroxyl groups is 2. The molecule has 7 heteroatoms. The van der Waals surface area contributed by atoms with Crippen molar-refractivity contribution in [2.45, 2.75) is 18.3 Å². The second kappa shape index (κ2) is 5.73. The highest BCUT2D eigenvalue weighted by Crippen LogP contribution is 2.27. The Hall–Kier alpha value is -1.05. The molecule has 0 saturated heterocycles. The Labute approximate surface area is 104 Å². The molecule has 1 aromatic carbocycles. The van der Waals surface area contributed by atoms with Crippen LogP contribution in [0.2, 0.25) is 0 Å². The van der Waals surface area contributed by atoms with Crippen LogP contribution < -0.4 is 0 Å². The first-order valence-electron chi connectivity index (χ1n) is 5.24. The third-order valence-electron chi connectivity index (χ3n) is 2.58. The molecule has 0 spiro atoms. The van der Waals surface area contributed by atoms with E-state index in [2.05, 4.69) is 0 Å². The van der Waals surface area contributed by atoms with Gasteiger partial charge in [0, 0.05) is 5.56 Å². The van der Waals surface area contributed by atoms with Crippen LogP contribution in [0, 0.1) is 11.6 Å². The average Bonchev–Trinajstić information content (AvgIpc) is 2.27. The molecule has 0 radical (unpaired) electrons. The van der Waals surface area contributed by atoms with Gasteiger partial charge in [0.2, 0.25) is 0 Å². The molecular formula is C11H14F2O4S. The van der Waals surface area contributed by atoms with E-state index in [1.54, 1.807) is 0 Å². The van der Waals surface area contributed by atoms with Gasteiger partial charge in [0.25, 0.3) is 0 Å². The van der Waals surface area contributed by atoms with Crippen molar-refractivity contribution in [1.29, 1.82) is 0 Å². The molecule has 102 valence electrons. The summed E-state index contributed by atoms with van der Waals surface area (Å²) in [6, 6.07) is 3.07. The molecule has 0 aliphatic carbocycles. The molecule has 1 rings (SSSR count). The third-order valence-corrected chi connectivity index (χ3v) is 4.74. The molecule has 2 atom stereocenters. The van der Waals surface area contributed by atoms with Crippen LogP contribution in [0.4, 0.5) is 8.78 Å². The van der Waals surface area contributed by atoms with Gasteiger partial charge in [-0.15, -0.1) is 0 Å². The van der Waals surface area contributed by atoms with Crippen LogP contribution in [0.3, 0.4) is 0 Å². The summed E-state index contributed by atoms with van der Waals surface area (Å²) in [7, 11) is -3.96. The summed E-state index contributed by atoms with van der Waals surface area (Å²) < 4.78 is 50.5. The highest BCUT2D eigenvalue weighted by atomic mass is 32.2. The minimum atomic E-state index is -3.96. The molecule has 0 bridgehead atoms. The van der Waals surface area contributed by atoms with E-state index in [4.69, 9.17) is 10.2 Å². The van der Waals surface area contributed by atoms with Crippen LogP contribution in [0.15, 0.2) is 18.2 Å². The lowest BCUT2D eigenvalue weighted by Gasteiger charge is -2.16. The molecule has 2 N–H and O–H groups in total. The first kappa shape index (κ1) is 15.0. The molecule has 4 nitrogen and oxygen atoms in total. The second-order valence-electron chi connectivity index (χ2n) is 3.94. The first-order valence-corrected chi connectivity index (χ1v) is 6.95. The number of hydrogen-bond donors (Lipinski definition) is 2. The van der Waals surface area contributed by atoms with E-state index in [0.29, 0.717) is 0 Å². The topological polar surface area (TPSA) is 74.6 Å². The Kier molecular flexibility index (Phi) is 4.78. The maximum Gasteiger partial charge on any atom is 0.159 e. The van der Waals surface area contributed by atoms with Crippen LogP contribution in [0.5, 0.6) is 0 Å². The Bertz CT molecular complexity index is 496. The van der Waals surface area contributed by atoms with Crippen molar-refractivity contribution in [2.24, 2.45) is 0 Å². The molecule has 0 aliphatic heterocycles. The maximum atomic E-state index is 13.4. The lowest BCUT2D eigenvalue weighted by Crippen LogP contribution is -2.27. The zero-order valence-corrected chi connectivity index (χ0v) is 10.5. The minimum absolute atomic E-state index is 0.553. The Morgan fingerprint density at radius 3 is 2.22 bits per heavy atom. The van der Waals surface area contributed by atoms with Crippen LogP contribution in [-0.4, -0.2) is 37.1 Å². The Morgan fingerprint density at radius 2 is 1.78 bits per heavy atom. The number of benzene rings is 1. The SMILES string of the molecule is C[C@H](c1c(F)cccc1F)S(=O)(=O)C[C@@H](O)CO. The third kappa shape index (κ3) is 3.24. The molecule has 18 heavy (non-hydrogen) atoms. The smallest absolute Gasteiger partial charge is 0.159 e. The van der Waals surface area contributed by atoms with Gasteiger partial charge < -0.3 is 10.2 Å². The van der Waals surface area contributed by atoms with E-state index in [9.17, 15) is 17.2 Å². The van der Waals surface area contributed by atoms with Crippen molar-refractivity contribution in [1.82, 2.24) is 0 Å². The van der Waals surface area contributed by atoms with E-state index in [0.717, 1.165) is 25.1 Å². The van der Waals surface area contributed by atoms with Crippen molar-refractivity contribution in [3.05, 3.63) is 35.4 Å². The van der Waals surface area contributed by atoms with Gasteiger partial charge in [0.1, 0.15) is 11.6 Å². The van der Waals surface area contributed by atoms with E-state index >= 15 is 0 Å². The molecule has 0 saturated carbocycles. The molecule has 0 amide bonds. The summed E-state index contributed by atoms with van der Waals surface area (Å²) in [5.74, 6) is -2.66. The van der Waals surface area contributed by atoms with Gasteiger partial charge in [-0.3, -0.25) is 0 Å². The van der Waals surface area contributed by atoms with E-state index in [-0.39, 0.29) is 0 Å². The summed E-state index contributed by atoms with van der Waals surface area (Å²) in [4.78, 5) is 0. The van der Waals surface area contributed by atoms with Crippen molar-refractivity contribution in [2.75, 3.05) is 12.4 Å². The highest BCUT2D eigenvalue weighted by molar-refractivity contribution is 7.91. The zero-order chi connectivity index (χ0) is 13.9. The van der Waals surface area contributed by atoms with Gasteiger partial charge >= 0.3 is 0 Å². The van der Waals surface area contributed by atoms with Gasteiger partial charge in [0.15, 0.2) is 9.84 Å². The molecule has 0 aromatic heterocycles. The number of sulfone groups is 1. The largest absolute Gasteiger partial charge is 0.394 e. The fraction of sp³-hybridized carbons (Fsp3) is 0.455. The van der Waals surface area contributed by atoms with Crippen molar-refractivity contribution in [3.63, 3.8) is 0 Å². The molecule has 0 unspecified atom stereocenters. The fourth-order valence-electron chi connectivity index (χ4n) is 1.54. The normalized spacial score (nSPS) is 15.4. The van der Waals surface area contributed by atoms with Crippen molar-refractivity contribution >= 4 is 9.84 Å². The Morgan fingerprint density at radius 1 is 1.28 bits per heavy atom. The summed E-state index contributed by atoms with van der Waals surface area (Å²) in [5, 5.41) is 16.3. The monoisotopic (exact) mass is 280 g/mol. The van der Waals surface area contributed by atoms with Crippen LogP contribution in [-0.2, 0) is 9.84 Å². The Balaban J connectivity index is 3.10. The van der Waals surface area contributed by atoms with Crippen molar-refractivity contribution < 1.29 is 27.4 Å². The van der Waals surface area contributed by atoms with Crippen molar-refractivity contribution in [3.8, 4) is 0 Å². The summed E-state index contributed by atoms with van der Waals surface area (Å²) in [6.45, 7) is 0.409. The number of hydrogen-bond acceptors (Lipinski definition) is 4. The van der Waals surface area contributed by atoms with Crippen LogP contribution >= 0.6 is 0 Å².